The van der Waals surface area contributed by atoms with E-state index in [4.69, 9.17) is 23.4 Å². The molecule has 1 saturated heterocycles. The first-order valence-corrected chi connectivity index (χ1v) is 24.3. The van der Waals surface area contributed by atoms with Gasteiger partial charge in [0.25, 0.3) is 0 Å². The van der Waals surface area contributed by atoms with Crippen molar-refractivity contribution in [3.05, 3.63) is 109 Å². The summed E-state index contributed by atoms with van der Waals surface area (Å²) in [5.74, 6) is -0.973. The van der Waals surface area contributed by atoms with E-state index in [2.05, 4.69) is 73.0 Å². The van der Waals surface area contributed by atoms with E-state index in [-0.39, 0.29) is 75.6 Å². The number of fused-ring (bicyclic) bond motifs is 1. The summed E-state index contributed by atoms with van der Waals surface area (Å²) in [6.45, 7) is 29.9. The Bertz CT molecular complexity index is 1710. The molecule has 3 aliphatic rings. The van der Waals surface area contributed by atoms with Crippen LogP contribution in [0.3, 0.4) is 0 Å². The van der Waals surface area contributed by atoms with Crippen LogP contribution in [-0.4, -0.2) is 83.4 Å². The summed E-state index contributed by atoms with van der Waals surface area (Å²) in [6.07, 6.45) is 12.4. The lowest BCUT2D eigenvalue weighted by molar-refractivity contribution is -0.152. The molecule has 0 aromatic heterocycles. The van der Waals surface area contributed by atoms with Gasteiger partial charge in [0.1, 0.15) is 24.4 Å². The molecule has 3 aliphatic heterocycles. The number of benzene rings is 1. The Morgan fingerprint density at radius 2 is 1.34 bits per heavy atom. The van der Waals surface area contributed by atoms with Crippen molar-refractivity contribution in [2.45, 2.75) is 188 Å². The van der Waals surface area contributed by atoms with Gasteiger partial charge in [-0.1, -0.05) is 142 Å². The van der Waals surface area contributed by atoms with Crippen molar-refractivity contribution >= 4 is 20.3 Å². The number of ether oxygens (including phenoxy) is 4. The molecule has 1 aromatic carbocycles. The van der Waals surface area contributed by atoms with Gasteiger partial charge in [-0.25, -0.2) is 0 Å². The standard InChI is InChI=1S/C31H46O5Si.C18H28O5.2CH4/c1-10-14-22(2)28-23(3)17-18-26-31(7,35-29(33-26)24-15-12-11-13-16-24)20-19-25(21-27(32)34-28)36-37(8,9)30(4,5)6;1-5-6-12(2)17-13(3)7-8-15(20)18(4,22)10-9-14(19)11-16(21)23-17;;/h10-18,23,25-26,28-29H,1,19-21H2,2-9H3;5-8,13-15,17,19-20,22H,1,9-11H2,2-4H3;2*1H4/b18-17+,22-14+;8-7+,12-6+;;/t23-,25?,26-,28+,29-,31+;13-,14+,15-,17+,18+;;/m00../s1. The molecule has 10 nitrogen and oxygen atoms in total. The summed E-state index contributed by atoms with van der Waals surface area (Å²) in [5.41, 5.74) is 0.849. The molecule has 3 N–H and O–H groups in total. The zero-order valence-corrected chi connectivity index (χ0v) is 39.1. The molecule has 1 fully saturated rings. The number of allylic oxidation sites excluding steroid dienone is 4. The monoisotopic (exact) mass is 883 g/mol. The molecular formula is C51H82O10Si. The molecule has 0 amide bonds. The van der Waals surface area contributed by atoms with Crippen molar-refractivity contribution in [2.75, 3.05) is 0 Å². The number of aliphatic hydroxyl groups is 3. The Morgan fingerprint density at radius 1 is 0.823 bits per heavy atom. The molecule has 0 saturated carbocycles. The predicted octanol–water partition coefficient (Wildman–Crippen LogP) is 10.8. The van der Waals surface area contributed by atoms with Gasteiger partial charge in [0.05, 0.1) is 36.3 Å². The highest BCUT2D eigenvalue weighted by Gasteiger charge is 2.47. The zero-order chi connectivity index (χ0) is 45.1. The highest BCUT2D eigenvalue weighted by molar-refractivity contribution is 6.74. The molecule has 0 spiro atoms. The van der Waals surface area contributed by atoms with Gasteiger partial charge in [-0.15, -0.1) is 0 Å². The Kier molecular flexibility index (Phi) is 22.4. The maximum atomic E-state index is 13.2. The molecule has 62 heavy (non-hydrogen) atoms. The van der Waals surface area contributed by atoms with Crippen molar-refractivity contribution in [3.63, 3.8) is 0 Å². The second kappa shape index (κ2) is 24.6. The van der Waals surface area contributed by atoms with Gasteiger partial charge in [0, 0.05) is 17.4 Å². The lowest BCUT2D eigenvalue weighted by Crippen LogP contribution is -2.45. The van der Waals surface area contributed by atoms with Gasteiger partial charge in [0.2, 0.25) is 0 Å². The Hall–Kier alpha value is -3.42. The number of hydrogen-bond acceptors (Lipinski definition) is 10. The molecule has 0 radical (unpaired) electrons. The normalized spacial score (nSPS) is 34.1. The maximum Gasteiger partial charge on any atom is 0.309 e. The van der Waals surface area contributed by atoms with Crippen molar-refractivity contribution in [3.8, 4) is 0 Å². The third-order valence-electron chi connectivity index (χ3n) is 12.3. The molecule has 1 aromatic rings. The third kappa shape index (κ3) is 16.3. The van der Waals surface area contributed by atoms with Gasteiger partial charge in [-0.2, -0.15) is 0 Å². The number of carbonyl (C=O) groups is 2. The number of rotatable bonds is 7. The predicted molar refractivity (Wildman–Crippen MR) is 254 cm³/mol. The molecule has 11 atom stereocenters. The highest BCUT2D eigenvalue weighted by Crippen LogP contribution is 2.44. The number of hydrogen-bond donors (Lipinski definition) is 3. The summed E-state index contributed by atoms with van der Waals surface area (Å²) >= 11 is 0. The largest absolute Gasteiger partial charge is 0.457 e. The van der Waals surface area contributed by atoms with E-state index < -0.39 is 56.2 Å². The van der Waals surface area contributed by atoms with Gasteiger partial charge in [-0.05, 0) is 82.7 Å². The first-order chi connectivity index (χ1) is 27.9. The van der Waals surface area contributed by atoms with Crippen molar-refractivity contribution < 1.29 is 48.3 Å². The van der Waals surface area contributed by atoms with E-state index in [1.165, 1.54) is 13.0 Å². The minimum Gasteiger partial charge on any atom is -0.457 e. The summed E-state index contributed by atoms with van der Waals surface area (Å²) in [5, 5.41) is 30.4. The molecule has 350 valence electrons. The van der Waals surface area contributed by atoms with Crippen LogP contribution in [-0.2, 0) is 33.0 Å². The molecule has 1 unspecified atom stereocenters. The minimum absolute atomic E-state index is 0. The average molecular weight is 883 g/mol. The molecule has 0 bridgehead atoms. The van der Waals surface area contributed by atoms with E-state index >= 15 is 0 Å². The van der Waals surface area contributed by atoms with Crippen LogP contribution in [0.2, 0.25) is 18.1 Å². The van der Waals surface area contributed by atoms with E-state index in [0.29, 0.717) is 12.8 Å². The van der Waals surface area contributed by atoms with E-state index in [9.17, 15) is 24.9 Å². The van der Waals surface area contributed by atoms with Crippen LogP contribution < -0.4 is 0 Å². The van der Waals surface area contributed by atoms with Gasteiger partial charge in [-0.3, -0.25) is 9.59 Å². The summed E-state index contributed by atoms with van der Waals surface area (Å²) in [7, 11) is -2.12. The van der Waals surface area contributed by atoms with E-state index in [1.54, 1.807) is 24.3 Å². The highest BCUT2D eigenvalue weighted by atomic mass is 28.4. The summed E-state index contributed by atoms with van der Waals surface area (Å²) in [4.78, 5) is 25.3. The maximum absolute atomic E-state index is 13.2. The van der Waals surface area contributed by atoms with Gasteiger partial charge >= 0.3 is 11.9 Å². The van der Waals surface area contributed by atoms with Crippen LogP contribution in [0.1, 0.15) is 128 Å². The SMILES string of the molecule is C.C.C=C/C=C(\C)[C@H]1OC(=O)CC(O[Si](C)(C)C(C)(C)C)CC[C@@]2(C)O[C@@H](c3ccccc3)O[C@H]2/C=C/[C@@H]1C.C=C/C=C(\C)[C@H]1OC(=O)C[C@H](O)CC[C@@](C)(O)[C@@H](O)/C=C/[C@@H]1C. The summed E-state index contributed by atoms with van der Waals surface area (Å²) in [6, 6.07) is 10.1. The second-order valence-electron chi connectivity index (χ2n) is 18.8. The first-order valence-electron chi connectivity index (χ1n) is 21.4. The van der Waals surface area contributed by atoms with Crippen LogP contribution in [0.15, 0.2) is 103 Å². The fourth-order valence-electron chi connectivity index (χ4n) is 7.29. The number of aliphatic hydroxyl groups excluding tert-OH is 2. The van der Waals surface area contributed by atoms with Crippen LogP contribution in [0, 0.1) is 11.8 Å². The fraction of sp³-hybridized carbons (Fsp3) is 0.608. The molecule has 0 aliphatic carbocycles. The zero-order valence-electron chi connectivity index (χ0n) is 38.1. The average Bonchev–Trinajstić information content (AvgIpc) is 3.50. The van der Waals surface area contributed by atoms with Crippen LogP contribution >= 0.6 is 0 Å². The molecular weight excluding hydrogens is 801 g/mol. The lowest BCUT2D eigenvalue weighted by atomic mass is 9.89. The Morgan fingerprint density at radius 3 is 1.85 bits per heavy atom. The van der Waals surface area contributed by atoms with Crippen molar-refractivity contribution in [2.24, 2.45) is 11.8 Å². The van der Waals surface area contributed by atoms with E-state index in [1.807, 2.05) is 57.2 Å². The quantitative estimate of drug-likeness (QED) is 0.105. The fourth-order valence-corrected chi connectivity index (χ4v) is 8.68. The number of esters is 2. The molecule has 4 rings (SSSR count). The van der Waals surface area contributed by atoms with E-state index in [0.717, 1.165) is 16.7 Å². The molecule has 11 heteroatoms. The summed E-state index contributed by atoms with van der Waals surface area (Å²) < 4.78 is 31.4. The smallest absolute Gasteiger partial charge is 0.309 e. The van der Waals surface area contributed by atoms with Crippen LogP contribution in [0.25, 0.3) is 0 Å². The van der Waals surface area contributed by atoms with Crippen molar-refractivity contribution in [1.82, 2.24) is 0 Å². The van der Waals surface area contributed by atoms with Crippen LogP contribution in [0.4, 0.5) is 0 Å². The molecule has 3 heterocycles. The second-order valence-corrected chi connectivity index (χ2v) is 23.5. The number of cyclic esters (lactones) is 2. The lowest BCUT2D eigenvalue weighted by Gasteiger charge is -2.40. The Labute approximate surface area is 375 Å². The third-order valence-corrected chi connectivity index (χ3v) is 16.8. The minimum atomic E-state index is -2.12. The van der Waals surface area contributed by atoms with Gasteiger partial charge in [0.15, 0.2) is 14.6 Å². The van der Waals surface area contributed by atoms with Gasteiger partial charge < -0.3 is 38.7 Å². The van der Waals surface area contributed by atoms with Crippen LogP contribution in [0.5, 0.6) is 0 Å². The van der Waals surface area contributed by atoms with Crippen molar-refractivity contribution in [1.29, 1.82) is 0 Å². The number of carbonyl (C=O) groups excluding carboxylic acids is 2. The first kappa shape index (κ1) is 56.6. The topological polar surface area (TPSA) is 141 Å². The Balaban J connectivity index is 0.000000666.